The van der Waals surface area contributed by atoms with Crippen LogP contribution in [0, 0.1) is 0 Å². The Balaban J connectivity index is 1.77. The van der Waals surface area contributed by atoms with Gasteiger partial charge >= 0.3 is 0 Å². The van der Waals surface area contributed by atoms with Gasteiger partial charge in [0.2, 0.25) is 5.82 Å². The molecule has 0 bridgehead atoms. The minimum absolute atomic E-state index is 0.258. The number of halogens is 2. The molecule has 32 heavy (non-hydrogen) atoms. The van der Waals surface area contributed by atoms with Crippen LogP contribution >= 0.6 is 35.4 Å². The van der Waals surface area contributed by atoms with Gasteiger partial charge in [0.15, 0.2) is 5.11 Å². The Morgan fingerprint density at radius 1 is 1.16 bits per heavy atom. The zero-order chi connectivity index (χ0) is 22.7. The van der Waals surface area contributed by atoms with E-state index >= 15 is 0 Å². The summed E-state index contributed by atoms with van der Waals surface area (Å²) in [6.07, 6.45) is 0.826. The van der Waals surface area contributed by atoms with Gasteiger partial charge < -0.3 is 19.5 Å². The average molecular weight is 489 g/mol. The molecule has 1 aliphatic heterocycles. The Hall–Kier alpha value is -2.45. The van der Waals surface area contributed by atoms with Crippen LogP contribution in [-0.4, -0.2) is 40.4 Å². The first-order chi connectivity index (χ1) is 15.5. The van der Waals surface area contributed by atoms with Gasteiger partial charge in [-0.15, -0.1) is 0 Å². The molecule has 1 aromatic heterocycles. The van der Waals surface area contributed by atoms with Crippen molar-refractivity contribution in [2.75, 3.05) is 20.3 Å². The molecule has 3 aromatic rings. The van der Waals surface area contributed by atoms with Crippen molar-refractivity contribution in [3.8, 4) is 11.4 Å². The Bertz CT molecular complexity index is 1150. The van der Waals surface area contributed by atoms with E-state index in [1.54, 1.807) is 19.2 Å². The Morgan fingerprint density at radius 3 is 2.66 bits per heavy atom. The summed E-state index contributed by atoms with van der Waals surface area (Å²) in [5, 5.41) is 9.54. The fourth-order valence-electron chi connectivity index (χ4n) is 3.68. The molecule has 0 saturated carbocycles. The van der Waals surface area contributed by atoms with Crippen LogP contribution in [0.1, 0.15) is 30.8 Å². The van der Waals surface area contributed by atoms with E-state index in [-0.39, 0.29) is 6.04 Å². The molecule has 1 aliphatic rings. The van der Waals surface area contributed by atoms with Gasteiger partial charge in [0.1, 0.15) is 0 Å². The van der Waals surface area contributed by atoms with Crippen LogP contribution in [0.3, 0.4) is 0 Å². The summed E-state index contributed by atoms with van der Waals surface area (Å²) in [5.74, 6) is 0.890. The first kappa shape index (κ1) is 22.7. The van der Waals surface area contributed by atoms with Crippen LogP contribution in [0.15, 0.2) is 58.8 Å². The predicted molar refractivity (Wildman–Crippen MR) is 130 cm³/mol. The second-order valence-corrected chi connectivity index (χ2v) is 8.62. The zero-order valence-electron chi connectivity index (χ0n) is 17.6. The van der Waals surface area contributed by atoms with E-state index in [1.165, 1.54) is 0 Å². The lowest BCUT2D eigenvalue weighted by Crippen LogP contribution is -2.46. The number of ether oxygens (including phenoxy) is 1. The lowest BCUT2D eigenvalue weighted by Gasteiger charge is -2.37. The molecule has 0 radical (unpaired) electrons. The first-order valence-corrected chi connectivity index (χ1v) is 11.3. The summed E-state index contributed by atoms with van der Waals surface area (Å²) in [6, 6.07) is 14.7. The van der Waals surface area contributed by atoms with Crippen molar-refractivity contribution >= 4 is 46.1 Å². The van der Waals surface area contributed by atoms with E-state index in [9.17, 15) is 0 Å². The van der Waals surface area contributed by atoms with Crippen molar-refractivity contribution < 1.29 is 9.26 Å². The van der Waals surface area contributed by atoms with Gasteiger partial charge in [-0.25, -0.2) is 0 Å². The molecule has 9 heteroatoms. The quantitative estimate of drug-likeness (QED) is 0.335. The molecule has 166 valence electrons. The highest BCUT2D eigenvalue weighted by molar-refractivity contribution is 7.80. The molecule has 0 saturated heterocycles. The number of nitrogens with zero attached hydrogens (tertiary/aromatic N) is 3. The second-order valence-electron chi connectivity index (χ2n) is 7.36. The van der Waals surface area contributed by atoms with Crippen molar-refractivity contribution in [2.24, 2.45) is 0 Å². The van der Waals surface area contributed by atoms with Crippen molar-refractivity contribution in [1.29, 1.82) is 0 Å². The lowest BCUT2D eigenvalue weighted by atomic mass is 9.95. The fraction of sp³-hybridized carbons (Fsp3) is 0.261. The molecule has 0 amide bonds. The average Bonchev–Trinajstić information content (AvgIpc) is 3.26. The number of hydrogen-bond donors (Lipinski definition) is 1. The van der Waals surface area contributed by atoms with Gasteiger partial charge in [0, 0.05) is 41.6 Å². The van der Waals surface area contributed by atoms with Crippen molar-refractivity contribution in [1.82, 2.24) is 20.4 Å². The van der Waals surface area contributed by atoms with Crippen molar-refractivity contribution in [3.05, 3.63) is 75.7 Å². The van der Waals surface area contributed by atoms with Gasteiger partial charge in [-0.2, -0.15) is 4.98 Å². The second kappa shape index (κ2) is 10.0. The minimum Gasteiger partial charge on any atom is -0.385 e. The number of benzene rings is 2. The van der Waals surface area contributed by atoms with E-state index in [0.29, 0.717) is 40.0 Å². The monoisotopic (exact) mass is 488 g/mol. The van der Waals surface area contributed by atoms with Crippen LogP contribution in [0.5, 0.6) is 0 Å². The van der Waals surface area contributed by atoms with Gasteiger partial charge in [-0.3, -0.25) is 0 Å². The van der Waals surface area contributed by atoms with Crippen LogP contribution in [0.25, 0.3) is 17.0 Å². The summed E-state index contributed by atoms with van der Waals surface area (Å²) in [5.41, 5.74) is 3.58. The van der Waals surface area contributed by atoms with Gasteiger partial charge in [-0.05, 0) is 55.4 Å². The van der Waals surface area contributed by atoms with E-state index in [4.69, 9.17) is 44.7 Å². The topological polar surface area (TPSA) is 63.4 Å². The van der Waals surface area contributed by atoms with Crippen molar-refractivity contribution in [2.45, 2.75) is 19.4 Å². The molecule has 0 fully saturated rings. The standard InChI is InChI=1S/C23H22Cl2N4O2S/c1-14-19(22-27-21(28-31-22)16-5-3-6-18(25)13-16)20(15-7-9-17(24)10-8-15)26-23(32)29(14)11-4-12-30-2/h3,5-10,13,20H,4,11-12H2,1-2H3,(H,26,32). The molecule has 4 rings (SSSR count). The molecular formula is C23H22Cl2N4O2S. The van der Waals surface area contributed by atoms with E-state index in [0.717, 1.165) is 28.8 Å². The highest BCUT2D eigenvalue weighted by Gasteiger charge is 2.33. The molecule has 2 heterocycles. The summed E-state index contributed by atoms with van der Waals surface area (Å²) >= 11 is 17.9. The Kier molecular flexibility index (Phi) is 7.10. The fourth-order valence-corrected chi connectivity index (χ4v) is 4.34. The summed E-state index contributed by atoms with van der Waals surface area (Å²) in [7, 11) is 1.69. The Morgan fingerprint density at radius 2 is 1.94 bits per heavy atom. The van der Waals surface area contributed by atoms with Crippen LogP contribution in [0.2, 0.25) is 10.0 Å². The van der Waals surface area contributed by atoms with Crippen LogP contribution in [-0.2, 0) is 4.74 Å². The molecule has 6 nitrogen and oxygen atoms in total. The van der Waals surface area contributed by atoms with E-state index in [2.05, 4.69) is 15.5 Å². The summed E-state index contributed by atoms with van der Waals surface area (Å²) in [4.78, 5) is 6.73. The van der Waals surface area contributed by atoms with Crippen molar-refractivity contribution in [3.63, 3.8) is 0 Å². The molecular weight excluding hydrogens is 467 g/mol. The third-order valence-corrected chi connectivity index (χ3v) is 6.09. The van der Waals surface area contributed by atoms with Gasteiger partial charge in [0.25, 0.3) is 5.89 Å². The third kappa shape index (κ3) is 4.81. The highest BCUT2D eigenvalue weighted by atomic mass is 35.5. The maximum absolute atomic E-state index is 6.14. The predicted octanol–water partition coefficient (Wildman–Crippen LogP) is 5.74. The molecule has 2 aromatic carbocycles. The zero-order valence-corrected chi connectivity index (χ0v) is 20.0. The van der Waals surface area contributed by atoms with Crippen LogP contribution < -0.4 is 5.32 Å². The van der Waals surface area contributed by atoms with Crippen LogP contribution in [0.4, 0.5) is 0 Å². The number of rotatable bonds is 7. The first-order valence-electron chi connectivity index (χ1n) is 10.1. The minimum atomic E-state index is -0.258. The SMILES string of the molecule is COCCCN1C(=S)NC(c2ccc(Cl)cc2)C(c2nc(-c3cccc(Cl)c3)no2)=C1C. The summed E-state index contributed by atoms with van der Waals surface area (Å²) < 4.78 is 10.9. The number of nitrogens with one attached hydrogen (secondary N) is 1. The molecule has 1 unspecified atom stereocenters. The number of hydrogen-bond acceptors (Lipinski definition) is 5. The molecule has 0 aliphatic carbocycles. The highest BCUT2D eigenvalue weighted by Crippen LogP contribution is 2.37. The third-order valence-electron chi connectivity index (χ3n) is 5.27. The smallest absolute Gasteiger partial charge is 0.258 e. The Labute approximate surface area is 202 Å². The maximum Gasteiger partial charge on any atom is 0.258 e. The van der Waals surface area contributed by atoms with E-state index < -0.39 is 0 Å². The molecule has 1 N–H and O–H groups in total. The number of methoxy groups -OCH3 is 1. The summed E-state index contributed by atoms with van der Waals surface area (Å²) in [6.45, 7) is 3.36. The lowest BCUT2D eigenvalue weighted by molar-refractivity contribution is 0.188. The number of aromatic nitrogens is 2. The van der Waals surface area contributed by atoms with Gasteiger partial charge in [0.05, 0.1) is 11.6 Å². The normalized spacial score (nSPS) is 16.4. The van der Waals surface area contributed by atoms with E-state index in [1.807, 2.05) is 48.2 Å². The maximum atomic E-state index is 6.14. The largest absolute Gasteiger partial charge is 0.385 e. The number of allylic oxidation sites excluding steroid dienone is 1. The molecule has 1 atom stereocenters. The van der Waals surface area contributed by atoms with Gasteiger partial charge in [-0.1, -0.05) is 52.6 Å². The molecule has 0 spiro atoms. The number of thiocarbonyl (C=S) groups is 1.